The number of hydrogen-bond acceptors (Lipinski definition) is 4. The molecule has 1 N–H and O–H groups in total. The molecule has 0 unspecified atom stereocenters. The second-order valence-electron chi connectivity index (χ2n) is 5.71. The summed E-state index contributed by atoms with van der Waals surface area (Å²) in [6.07, 6.45) is 0.267. The first-order valence-electron chi connectivity index (χ1n) is 7.87. The summed E-state index contributed by atoms with van der Waals surface area (Å²) in [5.74, 6) is 0.737. The van der Waals surface area contributed by atoms with Crippen LogP contribution in [0.15, 0.2) is 56.7 Å². The second kappa shape index (κ2) is 9.04. The summed E-state index contributed by atoms with van der Waals surface area (Å²) in [6, 6.07) is 13.6. The summed E-state index contributed by atoms with van der Waals surface area (Å²) >= 11 is 12.7. The molecule has 7 heteroatoms. The van der Waals surface area contributed by atoms with Gasteiger partial charge in [0.2, 0.25) is 5.91 Å². The number of aromatic nitrogens is 1. The molecule has 0 aliphatic heterocycles. The first kappa shape index (κ1) is 19.4. The third kappa shape index (κ3) is 5.58. The van der Waals surface area contributed by atoms with Gasteiger partial charge >= 0.3 is 0 Å². The monoisotopic (exact) mass is 466 g/mol. The van der Waals surface area contributed by atoms with Crippen molar-refractivity contribution < 1.29 is 4.79 Å². The van der Waals surface area contributed by atoms with Gasteiger partial charge in [-0.15, -0.1) is 11.3 Å². The van der Waals surface area contributed by atoms with Gasteiger partial charge in [0.1, 0.15) is 4.34 Å². The Hall–Kier alpha value is -1.34. The fraction of sp³-hybridized carbons (Fsp3) is 0.158. The van der Waals surface area contributed by atoms with Gasteiger partial charge in [0, 0.05) is 26.3 Å². The zero-order valence-electron chi connectivity index (χ0n) is 14.0. The van der Waals surface area contributed by atoms with E-state index in [-0.39, 0.29) is 12.3 Å². The molecule has 0 spiro atoms. The Labute approximate surface area is 174 Å². The summed E-state index contributed by atoms with van der Waals surface area (Å²) in [6.45, 7) is 1.99. The summed E-state index contributed by atoms with van der Waals surface area (Å²) < 4.78 is 1.98. The van der Waals surface area contributed by atoms with Crippen molar-refractivity contribution in [2.75, 3.05) is 5.32 Å². The normalized spacial score (nSPS) is 10.7. The number of carbonyl (C=O) groups excluding carboxylic acids is 1. The van der Waals surface area contributed by atoms with Crippen LogP contribution < -0.4 is 5.32 Å². The van der Waals surface area contributed by atoms with Crippen LogP contribution in [0.4, 0.5) is 5.69 Å². The van der Waals surface area contributed by atoms with E-state index in [1.54, 1.807) is 23.1 Å². The van der Waals surface area contributed by atoms with Crippen LogP contribution in [0.1, 0.15) is 16.8 Å². The number of aryl methyl sites for hydroxylation is 1. The lowest BCUT2D eigenvalue weighted by atomic mass is 10.2. The summed E-state index contributed by atoms with van der Waals surface area (Å²) in [5, 5.41) is 5.59. The quantitative estimate of drug-likeness (QED) is 0.430. The smallest absolute Gasteiger partial charge is 0.230 e. The lowest BCUT2D eigenvalue weighted by molar-refractivity contribution is -0.115. The van der Waals surface area contributed by atoms with Gasteiger partial charge in [-0.3, -0.25) is 4.79 Å². The van der Waals surface area contributed by atoms with Gasteiger partial charge < -0.3 is 5.32 Å². The van der Waals surface area contributed by atoms with Crippen molar-refractivity contribution >= 4 is 62.2 Å². The Kier molecular flexibility index (Phi) is 6.75. The highest BCUT2D eigenvalue weighted by Gasteiger charge is 2.09. The van der Waals surface area contributed by atoms with Crippen LogP contribution in [0.3, 0.4) is 0 Å². The van der Waals surface area contributed by atoms with E-state index in [1.165, 1.54) is 0 Å². The Balaban J connectivity index is 1.54. The zero-order valence-corrected chi connectivity index (χ0v) is 17.9. The van der Waals surface area contributed by atoms with Crippen molar-refractivity contribution in [2.45, 2.75) is 23.4 Å². The van der Waals surface area contributed by atoms with Gasteiger partial charge in [0.25, 0.3) is 0 Å². The Morgan fingerprint density at radius 3 is 2.92 bits per heavy atom. The van der Waals surface area contributed by atoms with E-state index < -0.39 is 0 Å². The molecule has 0 bridgehead atoms. The van der Waals surface area contributed by atoms with Gasteiger partial charge in [-0.1, -0.05) is 51.4 Å². The van der Waals surface area contributed by atoms with Gasteiger partial charge in [0.05, 0.1) is 12.1 Å². The lowest BCUT2D eigenvalue weighted by Crippen LogP contribution is -2.14. The van der Waals surface area contributed by atoms with E-state index in [9.17, 15) is 4.79 Å². The number of nitrogens with one attached hydrogen (secondary N) is 1. The number of thioether (sulfide) groups is 1. The number of amides is 1. The van der Waals surface area contributed by atoms with Crippen LogP contribution in [0.5, 0.6) is 0 Å². The molecule has 0 radical (unpaired) electrons. The van der Waals surface area contributed by atoms with Gasteiger partial charge in [-0.2, -0.15) is 0 Å². The fourth-order valence-corrected chi connectivity index (χ4v) is 4.55. The van der Waals surface area contributed by atoms with E-state index in [4.69, 9.17) is 11.6 Å². The van der Waals surface area contributed by atoms with Crippen molar-refractivity contribution in [3.05, 3.63) is 74.2 Å². The molecule has 0 aliphatic carbocycles. The average Bonchev–Trinajstić information content (AvgIpc) is 3.04. The lowest BCUT2D eigenvalue weighted by Gasteiger charge is -2.06. The highest BCUT2D eigenvalue weighted by molar-refractivity contribution is 9.10. The number of anilines is 1. The molecule has 0 atom stereocenters. The first-order chi connectivity index (χ1) is 12.5. The summed E-state index contributed by atoms with van der Waals surface area (Å²) in [5.41, 5.74) is 3.81. The number of thiazole rings is 1. The molecular formula is C19H16BrClN2OS2. The maximum Gasteiger partial charge on any atom is 0.230 e. The highest BCUT2D eigenvalue weighted by atomic mass is 79.9. The van der Waals surface area contributed by atoms with Crippen molar-refractivity contribution in [3.63, 3.8) is 0 Å². The highest BCUT2D eigenvalue weighted by Crippen LogP contribution is 2.27. The van der Waals surface area contributed by atoms with E-state index in [1.807, 2.05) is 54.8 Å². The minimum absolute atomic E-state index is 0.0663. The van der Waals surface area contributed by atoms with Crippen molar-refractivity contribution in [1.82, 2.24) is 4.98 Å². The third-order valence-corrected chi connectivity index (χ3v) is 6.83. The molecule has 2 aromatic carbocycles. The zero-order chi connectivity index (χ0) is 18.5. The molecule has 1 heterocycles. The van der Waals surface area contributed by atoms with Crippen LogP contribution in [0.2, 0.25) is 5.02 Å². The van der Waals surface area contributed by atoms with Crippen LogP contribution >= 0.6 is 50.6 Å². The standard InChI is InChI=1S/C19H16BrClN2OS2/c1-12-7-15(5-6-17(12)20)22-18(24)9-16-11-26-19(23-16)25-10-13-3-2-4-14(21)8-13/h2-8,11H,9-10H2,1H3,(H,22,24). The maximum atomic E-state index is 12.2. The first-order valence-corrected chi connectivity index (χ1v) is 10.9. The number of halogens is 2. The number of nitrogens with zero attached hydrogens (tertiary/aromatic N) is 1. The third-order valence-electron chi connectivity index (χ3n) is 3.57. The fourth-order valence-electron chi connectivity index (χ4n) is 2.30. The molecule has 0 fully saturated rings. The number of benzene rings is 2. The van der Waals surface area contributed by atoms with Gasteiger partial charge in [0.15, 0.2) is 0 Å². The minimum Gasteiger partial charge on any atom is -0.326 e. The molecule has 0 saturated carbocycles. The molecule has 3 nitrogen and oxygen atoms in total. The molecule has 0 aliphatic rings. The summed E-state index contributed by atoms with van der Waals surface area (Å²) in [4.78, 5) is 16.8. The molecule has 0 saturated heterocycles. The number of hydrogen-bond donors (Lipinski definition) is 1. The SMILES string of the molecule is Cc1cc(NC(=O)Cc2csc(SCc3cccc(Cl)c3)n2)ccc1Br. The van der Waals surface area contributed by atoms with E-state index in [0.717, 1.165) is 42.1 Å². The Morgan fingerprint density at radius 2 is 2.15 bits per heavy atom. The van der Waals surface area contributed by atoms with E-state index in [0.29, 0.717) is 0 Å². The largest absolute Gasteiger partial charge is 0.326 e. The van der Waals surface area contributed by atoms with Gasteiger partial charge in [-0.05, 0) is 48.4 Å². The van der Waals surface area contributed by atoms with Crippen LogP contribution in [-0.2, 0) is 17.0 Å². The van der Waals surface area contributed by atoms with Crippen molar-refractivity contribution in [3.8, 4) is 0 Å². The molecule has 3 aromatic rings. The molecule has 3 rings (SSSR count). The Morgan fingerprint density at radius 1 is 1.31 bits per heavy atom. The van der Waals surface area contributed by atoms with Crippen LogP contribution in [0.25, 0.3) is 0 Å². The molecule has 134 valence electrons. The van der Waals surface area contributed by atoms with Crippen molar-refractivity contribution in [2.24, 2.45) is 0 Å². The average molecular weight is 468 g/mol. The predicted molar refractivity (Wildman–Crippen MR) is 114 cm³/mol. The van der Waals surface area contributed by atoms with E-state index >= 15 is 0 Å². The predicted octanol–water partition coefficient (Wildman–Crippen LogP) is 6.34. The van der Waals surface area contributed by atoms with E-state index in [2.05, 4.69) is 26.2 Å². The minimum atomic E-state index is -0.0663. The number of rotatable bonds is 6. The summed E-state index contributed by atoms with van der Waals surface area (Å²) in [7, 11) is 0. The molecule has 1 amide bonds. The maximum absolute atomic E-state index is 12.2. The molecular weight excluding hydrogens is 452 g/mol. The molecule has 1 aromatic heterocycles. The van der Waals surface area contributed by atoms with Crippen LogP contribution in [-0.4, -0.2) is 10.9 Å². The number of carbonyl (C=O) groups is 1. The van der Waals surface area contributed by atoms with Gasteiger partial charge in [-0.25, -0.2) is 4.98 Å². The topological polar surface area (TPSA) is 42.0 Å². The molecule has 26 heavy (non-hydrogen) atoms. The Bertz CT molecular complexity index is 929. The second-order valence-corrected chi connectivity index (χ2v) is 9.08. The van der Waals surface area contributed by atoms with Crippen LogP contribution in [0, 0.1) is 6.92 Å². The van der Waals surface area contributed by atoms with Crippen molar-refractivity contribution in [1.29, 1.82) is 0 Å².